The summed E-state index contributed by atoms with van der Waals surface area (Å²) in [5.74, 6) is -0.108. The first-order valence-electron chi connectivity index (χ1n) is 3.72. The molecule has 2 unspecified atom stereocenters. The third-order valence-electron chi connectivity index (χ3n) is 2.19. The highest BCUT2D eigenvalue weighted by Crippen LogP contribution is 2.23. The molecule has 0 aromatic heterocycles. The van der Waals surface area contributed by atoms with Gasteiger partial charge >= 0.3 is 0 Å². The second kappa shape index (κ2) is 3.32. The van der Waals surface area contributed by atoms with Gasteiger partial charge in [0.05, 0.1) is 12.2 Å². The molecule has 60 valence electrons. The van der Waals surface area contributed by atoms with E-state index in [9.17, 15) is 5.11 Å². The molecule has 0 heterocycles. The maximum Gasteiger partial charge on any atom is 0.0849 e. The SMILES string of the molecule is OCC1CCCC(O)[C@@H]1O. The van der Waals surface area contributed by atoms with Gasteiger partial charge < -0.3 is 15.3 Å². The van der Waals surface area contributed by atoms with Crippen molar-refractivity contribution in [3.05, 3.63) is 0 Å². The van der Waals surface area contributed by atoms with E-state index >= 15 is 0 Å². The average Bonchev–Trinajstić information content (AvgIpc) is 1.95. The topological polar surface area (TPSA) is 60.7 Å². The molecule has 0 spiro atoms. The number of hydrogen-bond acceptors (Lipinski definition) is 3. The van der Waals surface area contributed by atoms with E-state index in [2.05, 4.69) is 0 Å². The summed E-state index contributed by atoms with van der Waals surface area (Å²) in [6.07, 6.45) is 1.07. The molecule has 0 aromatic carbocycles. The van der Waals surface area contributed by atoms with Crippen LogP contribution in [0.25, 0.3) is 0 Å². The zero-order valence-corrected chi connectivity index (χ0v) is 5.90. The van der Waals surface area contributed by atoms with Gasteiger partial charge in [-0.1, -0.05) is 6.42 Å². The van der Waals surface area contributed by atoms with Gasteiger partial charge in [-0.3, -0.25) is 0 Å². The quantitative estimate of drug-likeness (QED) is 0.467. The van der Waals surface area contributed by atoms with Crippen LogP contribution in [0.3, 0.4) is 0 Å². The molecular weight excluding hydrogens is 132 g/mol. The Kier molecular flexibility index (Phi) is 2.65. The largest absolute Gasteiger partial charge is 0.396 e. The molecule has 1 rings (SSSR count). The normalized spacial score (nSPS) is 41.7. The molecule has 0 aliphatic heterocycles. The smallest absolute Gasteiger partial charge is 0.0849 e. The van der Waals surface area contributed by atoms with Crippen LogP contribution in [0.15, 0.2) is 0 Å². The van der Waals surface area contributed by atoms with Gasteiger partial charge in [0.1, 0.15) is 0 Å². The Bertz CT molecular complexity index is 105. The van der Waals surface area contributed by atoms with Crippen molar-refractivity contribution in [2.24, 2.45) is 5.92 Å². The number of hydrogen-bond donors (Lipinski definition) is 3. The van der Waals surface area contributed by atoms with E-state index in [1.54, 1.807) is 0 Å². The Balaban J connectivity index is 2.42. The minimum atomic E-state index is -0.709. The van der Waals surface area contributed by atoms with Crippen LogP contribution < -0.4 is 0 Å². The lowest BCUT2D eigenvalue weighted by molar-refractivity contribution is -0.0585. The van der Waals surface area contributed by atoms with Gasteiger partial charge in [-0.25, -0.2) is 0 Å². The maximum absolute atomic E-state index is 9.23. The summed E-state index contributed by atoms with van der Waals surface area (Å²) in [5, 5.41) is 27.1. The summed E-state index contributed by atoms with van der Waals surface area (Å²) >= 11 is 0. The van der Waals surface area contributed by atoms with Crippen molar-refractivity contribution in [1.82, 2.24) is 0 Å². The van der Waals surface area contributed by atoms with Crippen molar-refractivity contribution in [3.8, 4) is 0 Å². The lowest BCUT2D eigenvalue weighted by atomic mass is 9.85. The van der Waals surface area contributed by atoms with Crippen molar-refractivity contribution in [3.63, 3.8) is 0 Å². The van der Waals surface area contributed by atoms with Crippen molar-refractivity contribution in [2.75, 3.05) is 6.61 Å². The van der Waals surface area contributed by atoms with Crippen molar-refractivity contribution in [2.45, 2.75) is 31.5 Å². The maximum atomic E-state index is 9.23. The van der Waals surface area contributed by atoms with Gasteiger partial charge in [-0.05, 0) is 12.8 Å². The Morgan fingerprint density at radius 2 is 1.90 bits per heavy atom. The predicted molar refractivity (Wildman–Crippen MR) is 36.4 cm³/mol. The molecule has 3 nitrogen and oxygen atoms in total. The fourth-order valence-corrected chi connectivity index (χ4v) is 1.44. The summed E-state index contributed by atoms with van der Waals surface area (Å²) in [6, 6.07) is 0. The first-order valence-corrected chi connectivity index (χ1v) is 3.72. The van der Waals surface area contributed by atoms with Gasteiger partial charge in [-0.2, -0.15) is 0 Å². The first kappa shape index (κ1) is 7.98. The van der Waals surface area contributed by atoms with E-state index in [1.165, 1.54) is 0 Å². The number of aliphatic hydroxyl groups excluding tert-OH is 3. The zero-order valence-electron chi connectivity index (χ0n) is 5.90. The van der Waals surface area contributed by atoms with Gasteiger partial charge in [0.15, 0.2) is 0 Å². The zero-order chi connectivity index (χ0) is 7.56. The molecule has 1 saturated carbocycles. The molecule has 10 heavy (non-hydrogen) atoms. The highest BCUT2D eigenvalue weighted by molar-refractivity contribution is 4.80. The van der Waals surface area contributed by atoms with Crippen LogP contribution in [0.5, 0.6) is 0 Å². The van der Waals surface area contributed by atoms with Crippen LogP contribution in [0.1, 0.15) is 19.3 Å². The Labute approximate surface area is 60.3 Å². The third kappa shape index (κ3) is 1.48. The van der Waals surface area contributed by atoms with Gasteiger partial charge in [-0.15, -0.1) is 0 Å². The standard InChI is InChI=1S/C7H14O3/c8-4-5-2-1-3-6(9)7(5)10/h5-10H,1-4H2/t5?,6?,7-/m1/s1. The molecule has 0 amide bonds. The second-order valence-electron chi connectivity index (χ2n) is 2.93. The summed E-state index contributed by atoms with van der Waals surface area (Å²) in [4.78, 5) is 0. The minimum Gasteiger partial charge on any atom is -0.396 e. The summed E-state index contributed by atoms with van der Waals surface area (Å²) in [5.41, 5.74) is 0. The second-order valence-corrected chi connectivity index (χ2v) is 2.93. The van der Waals surface area contributed by atoms with E-state index < -0.39 is 12.2 Å². The molecule has 0 bridgehead atoms. The molecule has 3 N–H and O–H groups in total. The lowest BCUT2D eigenvalue weighted by Crippen LogP contribution is -2.38. The van der Waals surface area contributed by atoms with E-state index in [4.69, 9.17) is 10.2 Å². The van der Waals surface area contributed by atoms with Crippen molar-refractivity contribution < 1.29 is 15.3 Å². The van der Waals surface area contributed by atoms with Crippen LogP contribution in [0.4, 0.5) is 0 Å². The van der Waals surface area contributed by atoms with E-state index in [0.717, 1.165) is 12.8 Å². The molecule has 1 aliphatic carbocycles. The molecule has 1 fully saturated rings. The van der Waals surface area contributed by atoms with E-state index in [1.807, 2.05) is 0 Å². The molecule has 0 saturated heterocycles. The molecule has 1 aliphatic rings. The average molecular weight is 146 g/mol. The highest BCUT2D eigenvalue weighted by atomic mass is 16.3. The number of aliphatic hydroxyl groups is 3. The van der Waals surface area contributed by atoms with E-state index in [0.29, 0.717) is 6.42 Å². The monoisotopic (exact) mass is 146 g/mol. The molecule has 3 atom stereocenters. The van der Waals surface area contributed by atoms with Crippen molar-refractivity contribution in [1.29, 1.82) is 0 Å². The van der Waals surface area contributed by atoms with Crippen LogP contribution in [0, 0.1) is 5.92 Å². The predicted octanol–water partition coefficient (Wildman–Crippen LogP) is -0.499. The Hall–Kier alpha value is -0.120. The highest BCUT2D eigenvalue weighted by Gasteiger charge is 2.29. The lowest BCUT2D eigenvalue weighted by Gasteiger charge is -2.30. The van der Waals surface area contributed by atoms with Crippen LogP contribution in [-0.4, -0.2) is 34.1 Å². The van der Waals surface area contributed by atoms with Gasteiger partial charge in [0.2, 0.25) is 0 Å². The molecular formula is C7H14O3. The Morgan fingerprint density at radius 1 is 1.20 bits per heavy atom. The number of rotatable bonds is 1. The van der Waals surface area contributed by atoms with E-state index in [-0.39, 0.29) is 12.5 Å². The molecule has 3 heteroatoms. The van der Waals surface area contributed by atoms with Crippen LogP contribution >= 0.6 is 0 Å². The summed E-state index contributed by atoms with van der Waals surface area (Å²) < 4.78 is 0. The first-order chi connectivity index (χ1) is 4.75. The van der Waals surface area contributed by atoms with Gasteiger partial charge in [0.25, 0.3) is 0 Å². The van der Waals surface area contributed by atoms with Crippen molar-refractivity contribution >= 4 is 0 Å². The Morgan fingerprint density at radius 3 is 2.40 bits per heavy atom. The van der Waals surface area contributed by atoms with Gasteiger partial charge in [0, 0.05) is 12.5 Å². The molecule has 0 aromatic rings. The fraction of sp³-hybridized carbons (Fsp3) is 1.00. The van der Waals surface area contributed by atoms with Crippen LogP contribution in [0.2, 0.25) is 0 Å². The minimum absolute atomic E-state index is 0.0156. The summed E-state index contributed by atoms with van der Waals surface area (Å²) in [7, 11) is 0. The molecule has 0 radical (unpaired) electrons. The summed E-state index contributed by atoms with van der Waals surface area (Å²) in [6.45, 7) is -0.0156. The fourth-order valence-electron chi connectivity index (χ4n) is 1.44. The third-order valence-corrected chi connectivity index (χ3v) is 2.19. The van der Waals surface area contributed by atoms with Crippen LogP contribution in [-0.2, 0) is 0 Å².